The Morgan fingerprint density at radius 3 is 2.35 bits per heavy atom. The standard InChI is InChI=1S/C20H18ClNO/c1-4-20(2,3)22-19(23)17(15-10-6-5-7-11-15)14-16-12-8-9-13-18(16)21/h1,5-14H,2-3H3,(H,22,23)/b17-14+. The lowest BCUT2D eigenvalue weighted by Crippen LogP contribution is -2.42. The van der Waals surface area contributed by atoms with Crippen molar-refractivity contribution in [1.82, 2.24) is 5.32 Å². The van der Waals surface area contributed by atoms with E-state index in [4.69, 9.17) is 18.0 Å². The van der Waals surface area contributed by atoms with E-state index in [0.29, 0.717) is 10.6 Å². The highest BCUT2D eigenvalue weighted by Crippen LogP contribution is 2.23. The van der Waals surface area contributed by atoms with Crippen molar-refractivity contribution in [2.75, 3.05) is 0 Å². The summed E-state index contributed by atoms with van der Waals surface area (Å²) in [5.41, 5.74) is 1.37. The second-order valence-electron chi connectivity index (χ2n) is 5.67. The third-order valence-corrected chi connectivity index (χ3v) is 3.67. The summed E-state index contributed by atoms with van der Waals surface area (Å²) in [6.07, 6.45) is 7.24. The van der Waals surface area contributed by atoms with Crippen molar-refractivity contribution in [2.24, 2.45) is 0 Å². The van der Waals surface area contributed by atoms with Crippen LogP contribution in [0.3, 0.4) is 0 Å². The molecule has 0 aliphatic rings. The number of nitrogens with one attached hydrogen (secondary N) is 1. The molecule has 1 N–H and O–H groups in total. The van der Waals surface area contributed by atoms with Gasteiger partial charge in [-0.1, -0.05) is 66.1 Å². The molecule has 0 radical (unpaired) electrons. The molecule has 0 fully saturated rings. The van der Waals surface area contributed by atoms with Crippen LogP contribution in [-0.4, -0.2) is 11.4 Å². The molecule has 0 atom stereocenters. The minimum atomic E-state index is -0.731. The molecule has 0 aromatic heterocycles. The monoisotopic (exact) mass is 323 g/mol. The van der Waals surface area contributed by atoms with Gasteiger partial charge in [-0.25, -0.2) is 0 Å². The zero-order chi connectivity index (χ0) is 16.9. The van der Waals surface area contributed by atoms with E-state index in [1.807, 2.05) is 48.5 Å². The van der Waals surface area contributed by atoms with E-state index < -0.39 is 5.54 Å². The van der Waals surface area contributed by atoms with Crippen molar-refractivity contribution in [3.63, 3.8) is 0 Å². The molecule has 2 aromatic rings. The summed E-state index contributed by atoms with van der Waals surface area (Å²) in [5.74, 6) is 2.33. The zero-order valence-corrected chi connectivity index (χ0v) is 13.9. The highest BCUT2D eigenvalue weighted by molar-refractivity contribution is 6.33. The van der Waals surface area contributed by atoms with Crippen LogP contribution in [-0.2, 0) is 4.79 Å². The van der Waals surface area contributed by atoms with Gasteiger partial charge in [0.05, 0.1) is 5.54 Å². The predicted octanol–water partition coefficient (Wildman–Crippen LogP) is 4.41. The summed E-state index contributed by atoms with van der Waals surface area (Å²) in [6.45, 7) is 3.56. The first-order valence-corrected chi connectivity index (χ1v) is 7.63. The Hall–Kier alpha value is -2.50. The first-order valence-electron chi connectivity index (χ1n) is 7.25. The molecule has 0 spiro atoms. The number of terminal acetylenes is 1. The Balaban J connectivity index is 2.48. The second-order valence-corrected chi connectivity index (χ2v) is 6.08. The number of rotatable bonds is 4. The molecule has 0 aliphatic carbocycles. The van der Waals surface area contributed by atoms with Gasteiger partial charge in [0.25, 0.3) is 5.91 Å². The summed E-state index contributed by atoms with van der Waals surface area (Å²) in [7, 11) is 0. The fraction of sp³-hybridized carbons (Fsp3) is 0.150. The molecule has 1 amide bonds. The number of carbonyl (C=O) groups excluding carboxylic acids is 1. The molecule has 2 rings (SSSR count). The van der Waals surface area contributed by atoms with Crippen LogP contribution in [0.25, 0.3) is 11.6 Å². The van der Waals surface area contributed by atoms with Gasteiger partial charge in [-0.15, -0.1) is 6.42 Å². The molecule has 0 saturated heterocycles. The summed E-state index contributed by atoms with van der Waals surface area (Å²) < 4.78 is 0. The topological polar surface area (TPSA) is 29.1 Å². The van der Waals surface area contributed by atoms with Gasteiger partial charge in [-0.05, 0) is 37.1 Å². The van der Waals surface area contributed by atoms with Crippen molar-refractivity contribution in [3.05, 3.63) is 70.7 Å². The molecule has 116 valence electrons. The van der Waals surface area contributed by atoms with E-state index in [1.54, 1.807) is 26.0 Å². The Kier molecular flexibility index (Phi) is 5.26. The van der Waals surface area contributed by atoms with Gasteiger partial charge in [-0.2, -0.15) is 0 Å². The SMILES string of the molecule is C#CC(C)(C)NC(=O)/C(=C/c1ccccc1Cl)c1ccccc1. The van der Waals surface area contributed by atoms with Crippen molar-refractivity contribution in [2.45, 2.75) is 19.4 Å². The third kappa shape index (κ3) is 4.48. The first-order chi connectivity index (χ1) is 10.9. The summed E-state index contributed by atoms with van der Waals surface area (Å²) >= 11 is 6.21. The normalized spacial score (nSPS) is 11.7. The third-order valence-electron chi connectivity index (χ3n) is 3.32. The molecular formula is C20H18ClNO. The molecule has 0 saturated carbocycles. The highest BCUT2D eigenvalue weighted by atomic mass is 35.5. The number of halogens is 1. The Bertz CT molecular complexity index is 770. The molecule has 0 aliphatic heterocycles. The first kappa shape index (κ1) is 16.9. The highest BCUT2D eigenvalue weighted by Gasteiger charge is 2.21. The van der Waals surface area contributed by atoms with Crippen LogP contribution >= 0.6 is 11.6 Å². The average molecular weight is 324 g/mol. The van der Waals surface area contributed by atoms with E-state index >= 15 is 0 Å². The van der Waals surface area contributed by atoms with Gasteiger partial charge in [0.2, 0.25) is 0 Å². The predicted molar refractivity (Wildman–Crippen MR) is 96.8 cm³/mol. The van der Waals surface area contributed by atoms with Crippen LogP contribution in [0, 0.1) is 12.3 Å². The number of benzene rings is 2. The maximum absolute atomic E-state index is 12.7. The van der Waals surface area contributed by atoms with Gasteiger partial charge in [0.1, 0.15) is 0 Å². The van der Waals surface area contributed by atoms with Crippen LogP contribution in [0.2, 0.25) is 5.02 Å². The molecular weight excluding hydrogens is 306 g/mol. The van der Waals surface area contributed by atoms with E-state index in [2.05, 4.69) is 11.2 Å². The van der Waals surface area contributed by atoms with Gasteiger partial charge in [0, 0.05) is 10.6 Å². The van der Waals surface area contributed by atoms with Crippen LogP contribution in [0.15, 0.2) is 54.6 Å². The minimum absolute atomic E-state index is 0.237. The maximum Gasteiger partial charge on any atom is 0.253 e. The Labute approximate surface area is 142 Å². The lowest BCUT2D eigenvalue weighted by Gasteiger charge is -2.21. The lowest BCUT2D eigenvalue weighted by atomic mass is 9.99. The number of hydrogen-bond acceptors (Lipinski definition) is 1. The molecule has 2 aromatic carbocycles. The van der Waals surface area contributed by atoms with E-state index in [1.165, 1.54) is 0 Å². The summed E-state index contributed by atoms with van der Waals surface area (Å²) in [5, 5.41) is 3.45. The number of amides is 1. The van der Waals surface area contributed by atoms with Crippen molar-refractivity contribution in [1.29, 1.82) is 0 Å². The maximum atomic E-state index is 12.7. The fourth-order valence-electron chi connectivity index (χ4n) is 2.03. The molecule has 0 unspecified atom stereocenters. The van der Waals surface area contributed by atoms with Crippen LogP contribution < -0.4 is 5.32 Å². The van der Waals surface area contributed by atoms with E-state index in [-0.39, 0.29) is 5.91 Å². The van der Waals surface area contributed by atoms with Crippen molar-refractivity contribution >= 4 is 29.2 Å². The quantitative estimate of drug-likeness (QED) is 0.504. The van der Waals surface area contributed by atoms with Crippen molar-refractivity contribution in [3.8, 4) is 12.3 Å². The largest absolute Gasteiger partial charge is 0.336 e. The fourth-order valence-corrected chi connectivity index (χ4v) is 2.22. The van der Waals surface area contributed by atoms with Gasteiger partial charge < -0.3 is 5.32 Å². The van der Waals surface area contributed by atoms with Crippen LogP contribution in [0.1, 0.15) is 25.0 Å². The number of carbonyl (C=O) groups is 1. The smallest absolute Gasteiger partial charge is 0.253 e. The molecule has 0 heterocycles. The van der Waals surface area contributed by atoms with Gasteiger partial charge in [0.15, 0.2) is 0 Å². The molecule has 23 heavy (non-hydrogen) atoms. The van der Waals surface area contributed by atoms with Crippen molar-refractivity contribution < 1.29 is 4.79 Å². The molecule has 3 heteroatoms. The van der Waals surface area contributed by atoms with E-state index in [0.717, 1.165) is 11.1 Å². The van der Waals surface area contributed by atoms with Gasteiger partial charge >= 0.3 is 0 Å². The Morgan fingerprint density at radius 2 is 1.74 bits per heavy atom. The molecule has 2 nitrogen and oxygen atoms in total. The summed E-state index contributed by atoms with van der Waals surface area (Å²) in [6, 6.07) is 16.8. The lowest BCUT2D eigenvalue weighted by molar-refractivity contribution is -0.116. The minimum Gasteiger partial charge on any atom is -0.336 e. The van der Waals surface area contributed by atoms with E-state index in [9.17, 15) is 4.79 Å². The van der Waals surface area contributed by atoms with Crippen LogP contribution in [0.4, 0.5) is 0 Å². The van der Waals surface area contributed by atoms with Gasteiger partial charge in [-0.3, -0.25) is 4.79 Å². The molecule has 0 bridgehead atoms. The zero-order valence-electron chi connectivity index (χ0n) is 13.1. The van der Waals surface area contributed by atoms with Crippen LogP contribution in [0.5, 0.6) is 0 Å². The summed E-state index contributed by atoms with van der Waals surface area (Å²) in [4.78, 5) is 12.7. The number of hydrogen-bond donors (Lipinski definition) is 1. The average Bonchev–Trinajstić information content (AvgIpc) is 2.54. The second kappa shape index (κ2) is 7.17. The Morgan fingerprint density at radius 1 is 1.13 bits per heavy atom.